The van der Waals surface area contributed by atoms with Crippen LogP contribution in [0.4, 0.5) is 0 Å². The van der Waals surface area contributed by atoms with Crippen molar-refractivity contribution in [2.45, 2.75) is 20.0 Å². The van der Waals surface area contributed by atoms with Crippen molar-refractivity contribution < 1.29 is 19.4 Å². The Hall–Kier alpha value is -2.27. The van der Waals surface area contributed by atoms with Crippen LogP contribution >= 0.6 is 11.6 Å². The smallest absolute Gasteiger partial charge is 0.302 e. The number of phenols is 1. The molecule has 0 saturated carbocycles. The largest absolute Gasteiger partial charge is 0.504 e. The Bertz CT molecular complexity index is 658. The quantitative estimate of drug-likeness (QED) is 0.854. The van der Waals surface area contributed by atoms with Gasteiger partial charge in [-0.05, 0) is 37.3 Å². The monoisotopic (exact) mass is 321 g/mol. The zero-order valence-corrected chi connectivity index (χ0v) is 13.0. The van der Waals surface area contributed by atoms with Crippen LogP contribution in [0.3, 0.4) is 0 Å². The molecule has 0 amide bonds. The van der Waals surface area contributed by atoms with E-state index in [1.807, 2.05) is 0 Å². The molecule has 0 aliphatic rings. The van der Waals surface area contributed by atoms with Gasteiger partial charge in [-0.2, -0.15) is 0 Å². The minimum atomic E-state index is -0.371. The highest BCUT2D eigenvalue weighted by molar-refractivity contribution is 6.30. The second-order valence-corrected chi connectivity index (χ2v) is 5.21. The first-order chi connectivity index (χ1) is 10.5. The van der Waals surface area contributed by atoms with Gasteiger partial charge in [0.2, 0.25) is 0 Å². The van der Waals surface area contributed by atoms with Crippen molar-refractivity contribution >= 4 is 17.6 Å². The summed E-state index contributed by atoms with van der Waals surface area (Å²) in [7, 11) is 0. The van der Waals surface area contributed by atoms with Crippen LogP contribution in [0.15, 0.2) is 36.5 Å². The first-order valence-electron chi connectivity index (χ1n) is 6.70. The number of aromatic hydroxyl groups is 1. The lowest BCUT2D eigenvalue weighted by molar-refractivity contribution is -0.143. The maximum atomic E-state index is 10.7. The standard InChI is InChI=1S/C16H16ClNO4/c1-10(9-21-11(2)19)22-16-6-3-12(7-15(16)20)14-5-4-13(17)8-18-14/h3-8,10,20H,9H2,1-2H3. The Morgan fingerprint density at radius 1 is 1.36 bits per heavy atom. The van der Waals surface area contributed by atoms with Crippen molar-refractivity contribution in [3.05, 3.63) is 41.6 Å². The summed E-state index contributed by atoms with van der Waals surface area (Å²) in [6.45, 7) is 3.20. The van der Waals surface area contributed by atoms with E-state index in [9.17, 15) is 9.90 Å². The summed E-state index contributed by atoms with van der Waals surface area (Å²) >= 11 is 5.80. The van der Waals surface area contributed by atoms with Crippen LogP contribution in [0, 0.1) is 0 Å². The highest BCUT2D eigenvalue weighted by atomic mass is 35.5. The summed E-state index contributed by atoms with van der Waals surface area (Å²) in [4.78, 5) is 14.9. The molecule has 2 rings (SSSR count). The van der Waals surface area contributed by atoms with Crippen molar-refractivity contribution in [1.82, 2.24) is 4.98 Å². The molecule has 1 heterocycles. The molecule has 0 aliphatic heterocycles. The van der Waals surface area contributed by atoms with Crippen molar-refractivity contribution in [2.24, 2.45) is 0 Å². The average Bonchev–Trinajstić information content (AvgIpc) is 2.48. The SMILES string of the molecule is CC(=O)OCC(C)Oc1ccc(-c2ccc(Cl)cn2)cc1O. The third-order valence-corrected chi connectivity index (χ3v) is 3.06. The van der Waals surface area contributed by atoms with Gasteiger partial charge in [-0.3, -0.25) is 9.78 Å². The molecule has 5 nitrogen and oxygen atoms in total. The summed E-state index contributed by atoms with van der Waals surface area (Å²) in [6.07, 6.45) is 1.17. The van der Waals surface area contributed by atoms with Gasteiger partial charge in [0.15, 0.2) is 11.5 Å². The molecule has 0 aliphatic carbocycles. The normalized spacial score (nSPS) is 11.8. The number of carbonyl (C=O) groups is 1. The van der Waals surface area contributed by atoms with Gasteiger partial charge in [0.05, 0.1) is 10.7 Å². The molecule has 0 saturated heterocycles. The van der Waals surface area contributed by atoms with Gasteiger partial charge >= 0.3 is 5.97 Å². The topological polar surface area (TPSA) is 68.7 Å². The molecule has 2 aromatic rings. The van der Waals surface area contributed by atoms with Gasteiger partial charge in [-0.15, -0.1) is 0 Å². The van der Waals surface area contributed by atoms with E-state index in [0.29, 0.717) is 16.5 Å². The molecule has 0 bridgehead atoms. The maximum Gasteiger partial charge on any atom is 0.302 e. The first kappa shape index (κ1) is 16.1. The van der Waals surface area contributed by atoms with Gasteiger partial charge in [-0.1, -0.05) is 11.6 Å². The van der Waals surface area contributed by atoms with Crippen molar-refractivity contribution in [3.8, 4) is 22.8 Å². The molecule has 0 radical (unpaired) electrons. The van der Waals surface area contributed by atoms with Gasteiger partial charge < -0.3 is 14.6 Å². The zero-order valence-electron chi connectivity index (χ0n) is 12.2. The molecule has 6 heteroatoms. The maximum absolute atomic E-state index is 10.7. The molecule has 1 atom stereocenters. The Balaban J connectivity index is 2.09. The lowest BCUT2D eigenvalue weighted by atomic mass is 10.1. The lowest BCUT2D eigenvalue weighted by Gasteiger charge is -2.15. The number of carbonyl (C=O) groups excluding carboxylic acids is 1. The van der Waals surface area contributed by atoms with E-state index in [2.05, 4.69) is 4.98 Å². The van der Waals surface area contributed by atoms with E-state index in [0.717, 1.165) is 5.56 Å². The van der Waals surface area contributed by atoms with Gasteiger partial charge in [-0.25, -0.2) is 0 Å². The second kappa shape index (κ2) is 7.13. The lowest BCUT2D eigenvalue weighted by Crippen LogP contribution is -2.20. The van der Waals surface area contributed by atoms with Crippen LogP contribution in [-0.4, -0.2) is 28.8 Å². The Labute approximate surface area is 133 Å². The minimum absolute atomic E-state index is 0.0103. The van der Waals surface area contributed by atoms with Crippen molar-refractivity contribution in [2.75, 3.05) is 6.61 Å². The highest BCUT2D eigenvalue weighted by Crippen LogP contribution is 2.31. The van der Waals surface area contributed by atoms with E-state index < -0.39 is 0 Å². The van der Waals surface area contributed by atoms with Crippen molar-refractivity contribution in [1.29, 1.82) is 0 Å². The third kappa shape index (κ3) is 4.36. The number of hydrogen-bond donors (Lipinski definition) is 1. The van der Waals surface area contributed by atoms with E-state index in [-0.39, 0.29) is 24.4 Å². The molecule has 1 aromatic heterocycles. The number of phenolic OH excluding ortho intramolecular Hbond substituents is 1. The predicted molar refractivity (Wildman–Crippen MR) is 83.1 cm³/mol. The molecule has 0 fully saturated rings. The number of ether oxygens (including phenoxy) is 2. The van der Waals surface area contributed by atoms with Gasteiger partial charge in [0, 0.05) is 18.7 Å². The summed E-state index contributed by atoms with van der Waals surface area (Å²) in [5, 5.41) is 10.6. The number of esters is 1. The number of aromatic nitrogens is 1. The minimum Gasteiger partial charge on any atom is -0.504 e. The summed E-state index contributed by atoms with van der Waals surface area (Å²) in [6, 6.07) is 8.48. The number of nitrogens with zero attached hydrogens (tertiary/aromatic N) is 1. The Morgan fingerprint density at radius 3 is 2.73 bits per heavy atom. The highest BCUT2D eigenvalue weighted by Gasteiger charge is 2.11. The second-order valence-electron chi connectivity index (χ2n) is 4.78. The number of benzene rings is 1. The van der Waals surface area contributed by atoms with E-state index in [4.69, 9.17) is 21.1 Å². The summed E-state index contributed by atoms with van der Waals surface area (Å²) in [5.41, 5.74) is 1.44. The van der Waals surface area contributed by atoms with E-state index in [1.54, 1.807) is 43.5 Å². The number of pyridine rings is 1. The molecule has 0 spiro atoms. The zero-order chi connectivity index (χ0) is 16.1. The fourth-order valence-electron chi connectivity index (χ4n) is 1.81. The average molecular weight is 322 g/mol. The third-order valence-electron chi connectivity index (χ3n) is 2.83. The number of rotatable bonds is 5. The summed E-state index contributed by atoms with van der Waals surface area (Å²) < 4.78 is 10.4. The van der Waals surface area contributed by atoms with Crippen LogP contribution in [0.25, 0.3) is 11.3 Å². The van der Waals surface area contributed by atoms with Crippen LogP contribution in [0.5, 0.6) is 11.5 Å². The molecule has 22 heavy (non-hydrogen) atoms. The fraction of sp³-hybridized carbons (Fsp3) is 0.250. The molecular formula is C16H16ClNO4. The van der Waals surface area contributed by atoms with E-state index in [1.165, 1.54) is 6.92 Å². The Morgan fingerprint density at radius 2 is 2.14 bits per heavy atom. The van der Waals surface area contributed by atoms with Gasteiger partial charge in [0.1, 0.15) is 12.7 Å². The molecule has 1 N–H and O–H groups in total. The first-order valence-corrected chi connectivity index (χ1v) is 7.08. The molecule has 1 aromatic carbocycles. The van der Waals surface area contributed by atoms with Crippen LogP contribution < -0.4 is 4.74 Å². The summed E-state index contributed by atoms with van der Waals surface area (Å²) in [5.74, 6) is -0.0647. The van der Waals surface area contributed by atoms with Crippen LogP contribution in [0.2, 0.25) is 5.02 Å². The number of halogens is 1. The molecular weight excluding hydrogens is 306 g/mol. The molecule has 1 unspecified atom stereocenters. The van der Waals surface area contributed by atoms with Crippen LogP contribution in [0.1, 0.15) is 13.8 Å². The Kier molecular flexibility index (Phi) is 5.22. The fourth-order valence-corrected chi connectivity index (χ4v) is 1.92. The number of hydrogen-bond acceptors (Lipinski definition) is 5. The van der Waals surface area contributed by atoms with Gasteiger partial charge in [0.25, 0.3) is 0 Å². The van der Waals surface area contributed by atoms with Crippen LogP contribution in [-0.2, 0) is 9.53 Å². The van der Waals surface area contributed by atoms with Crippen molar-refractivity contribution in [3.63, 3.8) is 0 Å². The molecule has 116 valence electrons. The van der Waals surface area contributed by atoms with E-state index >= 15 is 0 Å². The predicted octanol–water partition coefficient (Wildman–Crippen LogP) is 3.44.